The number of rotatable bonds is 3. The van der Waals surface area contributed by atoms with Gasteiger partial charge in [0.15, 0.2) is 0 Å². The molecule has 0 heterocycles. The van der Waals surface area contributed by atoms with Gasteiger partial charge in [-0.25, -0.2) is 4.39 Å². The molecule has 0 radical (unpaired) electrons. The number of hydrogen-bond donors (Lipinski definition) is 1. The Bertz CT molecular complexity index is 648. The highest BCUT2D eigenvalue weighted by molar-refractivity contribution is 9.10. The fourth-order valence-electron chi connectivity index (χ4n) is 2.01. The van der Waals surface area contributed by atoms with Crippen molar-refractivity contribution in [1.29, 1.82) is 0 Å². The van der Waals surface area contributed by atoms with Crippen LogP contribution in [0.4, 0.5) is 4.39 Å². The molecule has 0 fully saturated rings. The Hall–Kier alpha value is -1.10. The summed E-state index contributed by atoms with van der Waals surface area (Å²) in [7, 11) is 1.59. The first kappa shape index (κ1) is 15.3. The number of halogens is 3. The maximum absolute atomic E-state index is 13.1. The topological polar surface area (TPSA) is 35.2 Å². The second kappa shape index (κ2) is 6.12. The van der Waals surface area contributed by atoms with Gasteiger partial charge in [-0.15, -0.1) is 0 Å². The molecule has 0 saturated heterocycles. The summed E-state index contributed by atoms with van der Waals surface area (Å²) in [6.45, 7) is 1.97. The first-order chi connectivity index (χ1) is 9.43. The Morgan fingerprint density at radius 3 is 2.55 bits per heavy atom. The predicted molar refractivity (Wildman–Crippen MR) is 82.9 cm³/mol. The second-order valence-corrected chi connectivity index (χ2v) is 5.75. The van der Waals surface area contributed by atoms with Crippen molar-refractivity contribution < 1.29 is 9.13 Å². The van der Waals surface area contributed by atoms with Crippen molar-refractivity contribution in [1.82, 2.24) is 0 Å². The SMILES string of the molecule is COc1cc(C)c(Br)cc1C(N)c1ccc(F)cc1Cl. The molecule has 2 nitrogen and oxygen atoms in total. The molecule has 0 aliphatic heterocycles. The molecule has 2 N–H and O–H groups in total. The molecule has 0 saturated carbocycles. The van der Waals surface area contributed by atoms with E-state index in [1.807, 2.05) is 19.1 Å². The molecular formula is C15H14BrClFNO. The molecule has 2 aromatic rings. The van der Waals surface area contributed by atoms with Crippen LogP contribution < -0.4 is 10.5 Å². The van der Waals surface area contributed by atoms with Gasteiger partial charge >= 0.3 is 0 Å². The zero-order valence-corrected chi connectivity index (χ0v) is 13.4. The van der Waals surface area contributed by atoms with E-state index in [1.54, 1.807) is 13.2 Å². The number of nitrogens with two attached hydrogens (primary N) is 1. The van der Waals surface area contributed by atoms with Gasteiger partial charge in [0.25, 0.3) is 0 Å². The number of benzene rings is 2. The highest BCUT2D eigenvalue weighted by Gasteiger charge is 2.18. The van der Waals surface area contributed by atoms with E-state index in [2.05, 4.69) is 15.9 Å². The van der Waals surface area contributed by atoms with E-state index in [0.717, 1.165) is 15.6 Å². The molecule has 5 heteroatoms. The fraction of sp³-hybridized carbons (Fsp3) is 0.200. The molecule has 2 rings (SSSR count). The van der Waals surface area contributed by atoms with Crippen molar-refractivity contribution in [3.05, 3.63) is 62.3 Å². The average Bonchev–Trinajstić information content (AvgIpc) is 2.40. The van der Waals surface area contributed by atoms with E-state index in [9.17, 15) is 4.39 Å². The quantitative estimate of drug-likeness (QED) is 0.870. The molecule has 1 unspecified atom stereocenters. The van der Waals surface area contributed by atoms with Crippen molar-refractivity contribution in [3.8, 4) is 5.75 Å². The number of methoxy groups -OCH3 is 1. The number of aryl methyl sites for hydroxylation is 1. The minimum absolute atomic E-state index is 0.302. The summed E-state index contributed by atoms with van der Waals surface area (Å²) >= 11 is 9.54. The van der Waals surface area contributed by atoms with Gasteiger partial charge < -0.3 is 10.5 Å². The highest BCUT2D eigenvalue weighted by atomic mass is 79.9. The van der Waals surface area contributed by atoms with Crippen LogP contribution in [-0.2, 0) is 0 Å². The summed E-state index contributed by atoms with van der Waals surface area (Å²) in [6.07, 6.45) is 0. The molecule has 0 aliphatic carbocycles. The Labute approximate surface area is 130 Å². The van der Waals surface area contributed by atoms with Crippen LogP contribution in [0.1, 0.15) is 22.7 Å². The third-order valence-corrected chi connectivity index (χ3v) is 4.33. The average molecular weight is 359 g/mol. The van der Waals surface area contributed by atoms with Crippen LogP contribution in [0.15, 0.2) is 34.8 Å². The minimum atomic E-state index is -0.491. The van der Waals surface area contributed by atoms with E-state index in [-0.39, 0.29) is 5.82 Å². The van der Waals surface area contributed by atoms with Crippen LogP contribution >= 0.6 is 27.5 Å². The maximum atomic E-state index is 13.1. The zero-order valence-electron chi connectivity index (χ0n) is 11.1. The molecule has 0 aromatic heterocycles. The predicted octanol–water partition coefficient (Wildman–Crippen LogP) is 4.61. The third kappa shape index (κ3) is 2.97. The first-order valence-corrected chi connectivity index (χ1v) is 7.15. The van der Waals surface area contributed by atoms with Crippen molar-refractivity contribution >= 4 is 27.5 Å². The zero-order chi connectivity index (χ0) is 14.9. The third-order valence-electron chi connectivity index (χ3n) is 3.14. The van der Waals surface area contributed by atoms with Crippen molar-refractivity contribution in [2.75, 3.05) is 7.11 Å². The smallest absolute Gasteiger partial charge is 0.124 e. The summed E-state index contributed by atoms with van der Waals surface area (Å²) in [5.74, 6) is 0.293. The summed E-state index contributed by atoms with van der Waals surface area (Å²) in [5, 5.41) is 0.302. The van der Waals surface area contributed by atoms with E-state index < -0.39 is 6.04 Å². The van der Waals surface area contributed by atoms with Crippen LogP contribution in [0.25, 0.3) is 0 Å². The van der Waals surface area contributed by atoms with E-state index in [4.69, 9.17) is 22.1 Å². The van der Waals surface area contributed by atoms with E-state index in [0.29, 0.717) is 16.3 Å². The molecule has 0 spiro atoms. The number of hydrogen-bond acceptors (Lipinski definition) is 2. The van der Waals surface area contributed by atoms with Gasteiger partial charge in [-0.1, -0.05) is 33.6 Å². The van der Waals surface area contributed by atoms with Crippen molar-refractivity contribution in [2.45, 2.75) is 13.0 Å². The van der Waals surface area contributed by atoms with Crippen molar-refractivity contribution in [3.63, 3.8) is 0 Å². The molecule has 106 valence electrons. The van der Waals surface area contributed by atoms with Gasteiger partial charge in [0.05, 0.1) is 13.2 Å². The molecular weight excluding hydrogens is 345 g/mol. The lowest BCUT2D eigenvalue weighted by atomic mass is 9.97. The molecule has 1 atom stereocenters. The lowest BCUT2D eigenvalue weighted by molar-refractivity contribution is 0.407. The largest absolute Gasteiger partial charge is 0.496 e. The normalized spacial score (nSPS) is 12.3. The summed E-state index contributed by atoms with van der Waals surface area (Å²) in [6, 6.07) is 7.50. The standard InChI is InChI=1S/C15H14BrClFNO/c1-8-5-14(20-2)11(7-12(8)16)15(19)10-4-3-9(18)6-13(10)17/h3-7,15H,19H2,1-2H3. The van der Waals surface area contributed by atoms with Crippen molar-refractivity contribution in [2.24, 2.45) is 5.73 Å². The molecule has 0 amide bonds. The minimum Gasteiger partial charge on any atom is -0.496 e. The van der Waals surface area contributed by atoms with Gasteiger partial charge in [-0.05, 0) is 42.3 Å². The van der Waals surface area contributed by atoms with E-state index >= 15 is 0 Å². The van der Waals surface area contributed by atoms with Crippen LogP contribution in [0.3, 0.4) is 0 Å². The Balaban J connectivity index is 2.52. The van der Waals surface area contributed by atoms with E-state index in [1.165, 1.54) is 12.1 Å². The molecule has 0 bridgehead atoms. The van der Waals surface area contributed by atoms with Gasteiger partial charge in [0.1, 0.15) is 11.6 Å². The van der Waals surface area contributed by atoms with Crippen LogP contribution in [-0.4, -0.2) is 7.11 Å². The Morgan fingerprint density at radius 1 is 1.25 bits per heavy atom. The van der Waals surface area contributed by atoms with Crippen LogP contribution in [0.5, 0.6) is 5.75 Å². The number of ether oxygens (including phenoxy) is 1. The molecule has 2 aromatic carbocycles. The monoisotopic (exact) mass is 357 g/mol. The summed E-state index contributed by atoms with van der Waals surface area (Å²) in [5.41, 5.74) is 8.74. The summed E-state index contributed by atoms with van der Waals surface area (Å²) < 4.78 is 19.4. The lowest BCUT2D eigenvalue weighted by Crippen LogP contribution is -2.14. The Kier molecular flexibility index (Phi) is 4.68. The highest BCUT2D eigenvalue weighted by Crippen LogP contribution is 2.35. The van der Waals surface area contributed by atoms with Crippen LogP contribution in [0.2, 0.25) is 5.02 Å². The second-order valence-electron chi connectivity index (χ2n) is 4.49. The van der Waals surface area contributed by atoms with Gasteiger partial charge in [-0.2, -0.15) is 0 Å². The molecule has 20 heavy (non-hydrogen) atoms. The lowest BCUT2D eigenvalue weighted by Gasteiger charge is -2.18. The van der Waals surface area contributed by atoms with Gasteiger partial charge in [-0.3, -0.25) is 0 Å². The summed E-state index contributed by atoms with van der Waals surface area (Å²) in [4.78, 5) is 0. The first-order valence-electron chi connectivity index (χ1n) is 5.98. The maximum Gasteiger partial charge on any atom is 0.124 e. The van der Waals surface area contributed by atoms with Gasteiger partial charge in [0, 0.05) is 15.1 Å². The molecule has 0 aliphatic rings. The van der Waals surface area contributed by atoms with Crippen LogP contribution in [0, 0.1) is 12.7 Å². The Morgan fingerprint density at radius 2 is 1.95 bits per heavy atom. The fourth-order valence-corrected chi connectivity index (χ4v) is 2.66. The van der Waals surface area contributed by atoms with Gasteiger partial charge in [0.2, 0.25) is 0 Å².